The van der Waals surface area contributed by atoms with E-state index in [4.69, 9.17) is 9.47 Å². The van der Waals surface area contributed by atoms with Crippen molar-refractivity contribution in [3.05, 3.63) is 59.0 Å². The number of rotatable bonds is 9. The van der Waals surface area contributed by atoms with E-state index in [9.17, 15) is 36.3 Å². The lowest BCUT2D eigenvalue weighted by molar-refractivity contribution is -0.155. The van der Waals surface area contributed by atoms with Gasteiger partial charge in [-0.1, -0.05) is 35.5 Å². The van der Waals surface area contributed by atoms with Crippen LogP contribution < -0.4 is 4.72 Å². The second kappa shape index (κ2) is 11.3. The number of allylic oxidation sites excluding steroid dienone is 1. The van der Waals surface area contributed by atoms with E-state index in [1.165, 1.54) is 6.08 Å². The first kappa shape index (κ1) is 29.4. The number of hydrogen-bond donors (Lipinski definition) is 2. The number of alkyl halides is 3. The van der Waals surface area contributed by atoms with Crippen molar-refractivity contribution in [2.75, 3.05) is 32.9 Å². The molecule has 41 heavy (non-hydrogen) atoms. The van der Waals surface area contributed by atoms with Crippen LogP contribution in [0.1, 0.15) is 41.3 Å². The molecule has 2 N–H and O–H groups in total. The summed E-state index contributed by atoms with van der Waals surface area (Å²) in [6.45, 7) is 1.78. The highest BCUT2D eigenvalue weighted by atomic mass is 32.3. The van der Waals surface area contributed by atoms with Crippen LogP contribution in [0.4, 0.5) is 18.0 Å². The van der Waals surface area contributed by atoms with Crippen LogP contribution in [0.15, 0.2) is 40.9 Å². The second-order valence-electron chi connectivity index (χ2n) is 9.77. The molecular weight excluding hydrogens is 591 g/mol. The summed E-state index contributed by atoms with van der Waals surface area (Å²) in [5.74, 6) is -3.33. The molecule has 0 radical (unpaired) electrons. The van der Waals surface area contributed by atoms with Gasteiger partial charge in [-0.15, -0.1) is 11.8 Å². The van der Waals surface area contributed by atoms with Crippen LogP contribution in [0.5, 0.6) is 0 Å². The predicted octanol–water partition coefficient (Wildman–Crippen LogP) is 3.44. The molecule has 0 bridgehead atoms. The van der Waals surface area contributed by atoms with E-state index in [1.807, 2.05) is 0 Å². The minimum absolute atomic E-state index is 0.00203. The summed E-state index contributed by atoms with van der Waals surface area (Å²) < 4.78 is 81.2. The SMILES string of the molecule is O=C(OCCc1ccccc1C1CC1(NS(=O)(=O)C1CC=C(c2cc(C(F)(F)F)on2)S1)C(=O)O)N1CCOCC1. The highest BCUT2D eigenvalue weighted by Gasteiger charge is 2.64. The van der Waals surface area contributed by atoms with Crippen molar-refractivity contribution in [1.29, 1.82) is 0 Å². The van der Waals surface area contributed by atoms with Gasteiger partial charge in [0, 0.05) is 36.4 Å². The van der Waals surface area contributed by atoms with Crippen molar-refractivity contribution in [2.45, 2.75) is 41.5 Å². The van der Waals surface area contributed by atoms with Crippen LogP contribution in [0.25, 0.3) is 4.91 Å². The summed E-state index contributed by atoms with van der Waals surface area (Å²) in [6, 6.07) is 7.65. The van der Waals surface area contributed by atoms with Crippen molar-refractivity contribution < 1.29 is 50.3 Å². The zero-order valence-corrected chi connectivity index (χ0v) is 23.1. The Morgan fingerprint density at radius 1 is 1.24 bits per heavy atom. The van der Waals surface area contributed by atoms with Crippen molar-refractivity contribution in [2.24, 2.45) is 0 Å². The third kappa shape index (κ3) is 6.24. The van der Waals surface area contributed by atoms with Gasteiger partial charge in [0.2, 0.25) is 15.8 Å². The van der Waals surface area contributed by atoms with Gasteiger partial charge >= 0.3 is 18.2 Å². The Balaban J connectivity index is 1.24. The Kier molecular flexibility index (Phi) is 8.11. The summed E-state index contributed by atoms with van der Waals surface area (Å²) in [5, 5.41) is 13.5. The fourth-order valence-electron chi connectivity index (χ4n) is 4.86. The summed E-state index contributed by atoms with van der Waals surface area (Å²) >= 11 is 0.768. The monoisotopic (exact) mass is 617 g/mol. The summed E-state index contributed by atoms with van der Waals surface area (Å²) in [4.78, 5) is 26.4. The highest BCUT2D eigenvalue weighted by Crippen LogP contribution is 2.54. The lowest BCUT2D eigenvalue weighted by atomic mass is 9.98. The molecule has 3 heterocycles. The molecule has 1 saturated carbocycles. The summed E-state index contributed by atoms with van der Waals surface area (Å²) in [6.07, 6.45) is -3.53. The summed E-state index contributed by atoms with van der Waals surface area (Å²) in [7, 11) is -4.24. The zero-order chi connectivity index (χ0) is 29.4. The van der Waals surface area contributed by atoms with Crippen LogP contribution in [0.2, 0.25) is 0 Å². The Bertz CT molecular complexity index is 1460. The predicted molar refractivity (Wildman–Crippen MR) is 139 cm³/mol. The van der Waals surface area contributed by atoms with Gasteiger partial charge in [0.15, 0.2) is 0 Å². The first-order valence-electron chi connectivity index (χ1n) is 12.7. The molecule has 1 amide bonds. The van der Waals surface area contributed by atoms with Crippen LogP contribution in [0, 0.1) is 0 Å². The molecule has 1 aromatic heterocycles. The van der Waals surface area contributed by atoms with E-state index >= 15 is 0 Å². The fourth-order valence-corrected chi connectivity index (χ4v) is 8.01. The fraction of sp³-hybridized carbons (Fsp3) is 0.480. The maximum Gasteiger partial charge on any atom is 0.452 e. The number of thioether (sulfide) groups is 1. The van der Waals surface area contributed by atoms with E-state index in [-0.39, 0.29) is 30.0 Å². The van der Waals surface area contributed by atoms with Crippen LogP contribution in [-0.2, 0) is 36.9 Å². The van der Waals surface area contributed by atoms with Gasteiger partial charge in [-0.05, 0) is 24.0 Å². The number of sulfonamides is 1. The highest BCUT2D eigenvalue weighted by molar-refractivity contribution is 8.18. The van der Waals surface area contributed by atoms with Crippen LogP contribution >= 0.6 is 11.8 Å². The number of carbonyl (C=O) groups excluding carboxylic acids is 1. The van der Waals surface area contributed by atoms with Gasteiger partial charge in [0.05, 0.1) is 19.8 Å². The number of carboxylic acids is 1. The molecule has 1 saturated heterocycles. The van der Waals surface area contributed by atoms with Crippen molar-refractivity contribution in [1.82, 2.24) is 14.8 Å². The molecule has 1 aromatic carbocycles. The van der Waals surface area contributed by atoms with Gasteiger partial charge < -0.3 is 24.0 Å². The van der Waals surface area contributed by atoms with E-state index < -0.39 is 50.1 Å². The third-order valence-corrected chi connectivity index (χ3v) is 10.8. The molecule has 3 unspecified atom stereocenters. The number of aromatic nitrogens is 1. The average Bonchev–Trinajstić information content (AvgIpc) is 3.28. The lowest BCUT2D eigenvalue weighted by Gasteiger charge is -2.26. The number of halogens is 3. The molecule has 3 atom stereocenters. The molecular formula is C25H26F3N3O8S2. The van der Waals surface area contributed by atoms with E-state index in [2.05, 4.69) is 14.4 Å². The van der Waals surface area contributed by atoms with Crippen molar-refractivity contribution >= 4 is 38.8 Å². The molecule has 2 aliphatic heterocycles. The number of benzene rings is 1. The maximum atomic E-state index is 13.3. The molecule has 0 spiro atoms. The van der Waals surface area contributed by atoms with E-state index in [1.54, 1.807) is 29.2 Å². The lowest BCUT2D eigenvalue weighted by Crippen LogP contribution is -2.47. The Morgan fingerprint density at radius 3 is 2.66 bits per heavy atom. The number of carbonyl (C=O) groups is 2. The van der Waals surface area contributed by atoms with Gasteiger partial charge in [0.1, 0.15) is 15.8 Å². The molecule has 2 aromatic rings. The van der Waals surface area contributed by atoms with Crippen LogP contribution in [0.3, 0.4) is 0 Å². The Hall–Kier alpha value is -3.08. The molecule has 16 heteroatoms. The molecule has 1 aliphatic carbocycles. The van der Waals surface area contributed by atoms with Crippen molar-refractivity contribution in [3.63, 3.8) is 0 Å². The first-order valence-corrected chi connectivity index (χ1v) is 15.1. The standard InChI is InChI=1S/C25H26F3N3O8S2/c26-25(27,28)20-13-18(29-39-20)19-5-6-21(40-19)41(35,36)30-24(22(32)33)14-17(24)16-4-2-1-3-15(16)7-10-38-23(34)31-8-11-37-12-9-31/h1-5,13,17,21,30H,6-12,14H2,(H,32,33). The Labute approximate surface area is 237 Å². The number of aliphatic carboxylic acids is 1. The van der Waals surface area contributed by atoms with Gasteiger partial charge in [-0.3, -0.25) is 4.79 Å². The first-order chi connectivity index (χ1) is 19.4. The normalized spacial score (nSPS) is 24.7. The minimum Gasteiger partial charge on any atom is -0.480 e. The third-order valence-electron chi connectivity index (χ3n) is 7.11. The van der Waals surface area contributed by atoms with E-state index in [0.29, 0.717) is 44.4 Å². The van der Waals surface area contributed by atoms with E-state index in [0.717, 1.165) is 17.3 Å². The molecule has 11 nitrogen and oxygen atoms in total. The minimum atomic E-state index is -4.74. The van der Waals surface area contributed by atoms with Gasteiger partial charge in [-0.2, -0.15) is 17.9 Å². The molecule has 2 fully saturated rings. The van der Waals surface area contributed by atoms with Crippen LogP contribution in [-0.4, -0.2) is 78.7 Å². The number of nitrogens with one attached hydrogen (secondary N) is 1. The Morgan fingerprint density at radius 2 is 1.98 bits per heavy atom. The maximum absolute atomic E-state index is 13.3. The summed E-state index contributed by atoms with van der Waals surface area (Å²) in [5.41, 5.74) is -0.596. The van der Waals surface area contributed by atoms with Gasteiger partial charge in [0.25, 0.3) is 0 Å². The van der Waals surface area contributed by atoms with Crippen molar-refractivity contribution in [3.8, 4) is 0 Å². The largest absolute Gasteiger partial charge is 0.480 e. The number of hydrogen-bond acceptors (Lipinski definition) is 9. The topological polar surface area (TPSA) is 148 Å². The zero-order valence-electron chi connectivity index (χ0n) is 21.4. The van der Waals surface area contributed by atoms with Gasteiger partial charge in [-0.25, -0.2) is 13.2 Å². The number of ether oxygens (including phenoxy) is 2. The average molecular weight is 618 g/mol. The number of nitrogens with zero attached hydrogens (tertiary/aromatic N) is 2. The molecule has 222 valence electrons. The number of amides is 1. The number of carboxylic acid groups (broad SMARTS) is 1. The smallest absolute Gasteiger partial charge is 0.452 e. The second-order valence-corrected chi connectivity index (χ2v) is 13.2. The number of morpholine rings is 1. The molecule has 3 aliphatic rings. The molecule has 5 rings (SSSR count). The quantitative estimate of drug-likeness (QED) is 0.429.